The van der Waals surface area contributed by atoms with Crippen LogP contribution in [0.15, 0.2) is 36.4 Å². The van der Waals surface area contributed by atoms with Crippen molar-refractivity contribution >= 4 is 0 Å². The van der Waals surface area contributed by atoms with Crippen molar-refractivity contribution in [3.05, 3.63) is 59.4 Å². The number of hydrogen-bond acceptors (Lipinski definition) is 2. The summed E-state index contributed by atoms with van der Waals surface area (Å²) in [6.45, 7) is 2.91. The fourth-order valence-electron chi connectivity index (χ4n) is 3.64. The number of pyridine rings is 1. The van der Waals surface area contributed by atoms with Crippen LogP contribution in [0.4, 0.5) is 8.78 Å². The summed E-state index contributed by atoms with van der Waals surface area (Å²) < 4.78 is 32.5. The van der Waals surface area contributed by atoms with Gasteiger partial charge in [0.2, 0.25) is 11.9 Å². The van der Waals surface area contributed by atoms with Crippen molar-refractivity contribution in [2.75, 3.05) is 6.61 Å². The molecule has 2 aromatic rings. The van der Waals surface area contributed by atoms with Crippen LogP contribution in [0.5, 0.6) is 5.75 Å². The van der Waals surface area contributed by atoms with Crippen molar-refractivity contribution in [1.29, 1.82) is 0 Å². The molecule has 0 atom stereocenters. The van der Waals surface area contributed by atoms with Gasteiger partial charge in [-0.25, -0.2) is 0 Å². The molecule has 2 nitrogen and oxygen atoms in total. The summed E-state index contributed by atoms with van der Waals surface area (Å²) in [6.07, 6.45) is 6.04. The third-order valence-corrected chi connectivity index (χ3v) is 5.13. The van der Waals surface area contributed by atoms with Crippen molar-refractivity contribution < 1.29 is 13.5 Å². The van der Waals surface area contributed by atoms with Gasteiger partial charge in [0.05, 0.1) is 6.61 Å². The smallest absolute Gasteiger partial charge is 0.218 e. The summed E-state index contributed by atoms with van der Waals surface area (Å²) in [7, 11) is 0. The first-order valence-electron chi connectivity index (χ1n) is 9.22. The first kappa shape index (κ1) is 17.8. The van der Waals surface area contributed by atoms with Gasteiger partial charge in [0.15, 0.2) is 0 Å². The zero-order valence-corrected chi connectivity index (χ0v) is 14.7. The number of unbranched alkanes of at least 4 members (excludes halogenated alkanes) is 1. The van der Waals surface area contributed by atoms with Gasteiger partial charge in [-0.2, -0.15) is 13.8 Å². The lowest BCUT2D eigenvalue weighted by Crippen LogP contribution is -2.14. The lowest BCUT2D eigenvalue weighted by Gasteiger charge is -2.29. The number of nitrogens with zero attached hydrogens (tertiary/aromatic N) is 1. The zero-order chi connectivity index (χ0) is 17.6. The van der Waals surface area contributed by atoms with Crippen molar-refractivity contribution in [3.8, 4) is 5.75 Å². The Bertz CT molecular complexity index is 679. The summed E-state index contributed by atoms with van der Waals surface area (Å²) in [4.78, 5) is 3.32. The van der Waals surface area contributed by atoms with E-state index in [4.69, 9.17) is 4.74 Å². The van der Waals surface area contributed by atoms with E-state index in [0.29, 0.717) is 11.5 Å². The molecule has 4 heteroatoms. The third-order valence-electron chi connectivity index (χ3n) is 5.13. The van der Waals surface area contributed by atoms with E-state index in [1.807, 2.05) is 12.1 Å². The molecule has 0 aliphatic heterocycles. The van der Waals surface area contributed by atoms with Gasteiger partial charge in [0.1, 0.15) is 5.75 Å². The van der Waals surface area contributed by atoms with Crippen LogP contribution in [0.25, 0.3) is 0 Å². The van der Waals surface area contributed by atoms with E-state index in [1.165, 1.54) is 11.6 Å². The van der Waals surface area contributed by atoms with Gasteiger partial charge in [-0.05, 0) is 73.8 Å². The van der Waals surface area contributed by atoms with Crippen LogP contribution in [0.1, 0.15) is 68.4 Å². The molecule has 1 aliphatic rings. The van der Waals surface area contributed by atoms with E-state index in [1.54, 1.807) is 6.07 Å². The molecule has 1 saturated carbocycles. The van der Waals surface area contributed by atoms with Crippen LogP contribution < -0.4 is 4.74 Å². The number of ether oxygens (including phenoxy) is 1. The highest BCUT2D eigenvalue weighted by Crippen LogP contribution is 2.41. The van der Waals surface area contributed by atoms with Gasteiger partial charge in [-0.1, -0.05) is 25.5 Å². The minimum Gasteiger partial charge on any atom is -0.494 e. The van der Waals surface area contributed by atoms with Crippen LogP contribution in [0, 0.1) is 11.9 Å². The van der Waals surface area contributed by atoms with E-state index in [2.05, 4.69) is 24.0 Å². The van der Waals surface area contributed by atoms with E-state index in [0.717, 1.165) is 50.9 Å². The summed E-state index contributed by atoms with van der Waals surface area (Å²) in [6, 6.07) is 11.2. The molecule has 0 bridgehead atoms. The molecule has 1 aromatic heterocycles. The number of aromatic nitrogens is 1. The molecule has 1 aromatic carbocycles. The lowest BCUT2D eigenvalue weighted by atomic mass is 9.76. The Hall–Kier alpha value is -1.97. The normalized spacial score (nSPS) is 20.4. The number of benzene rings is 1. The molecule has 0 radical (unpaired) electrons. The molecule has 1 heterocycles. The molecule has 3 rings (SSSR count). The van der Waals surface area contributed by atoms with Crippen LogP contribution in [0.3, 0.4) is 0 Å². The zero-order valence-electron chi connectivity index (χ0n) is 14.7. The molecule has 1 aliphatic carbocycles. The summed E-state index contributed by atoms with van der Waals surface area (Å²) in [5.41, 5.74) is 1.87. The highest BCUT2D eigenvalue weighted by atomic mass is 19.1. The predicted octanol–water partition coefficient (Wildman–Crippen LogP) is 5.98. The molecule has 0 saturated heterocycles. The molecule has 0 N–H and O–H groups in total. The average Bonchev–Trinajstić information content (AvgIpc) is 2.63. The second kappa shape index (κ2) is 8.41. The highest BCUT2D eigenvalue weighted by molar-refractivity contribution is 5.30. The number of halogens is 2. The number of hydrogen-bond donors (Lipinski definition) is 0. The quantitative estimate of drug-likeness (QED) is 0.474. The standard InChI is InChI=1S/C21H25F2NO/c1-2-3-14-25-18-10-8-16(9-11-18)15-4-6-17(7-5-15)19-12-13-20(22)24-21(19)23/h8-13,15,17H,2-7,14H2,1H3/t15-,17-. The van der Waals surface area contributed by atoms with Crippen LogP contribution in [-0.2, 0) is 0 Å². The lowest BCUT2D eigenvalue weighted by molar-refractivity contribution is 0.309. The topological polar surface area (TPSA) is 22.1 Å². The Kier molecular flexibility index (Phi) is 6.00. The van der Waals surface area contributed by atoms with Crippen molar-refractivity contribution in [1.82, 2.24) is 4.98 Å². The van der Waals surface area contributed by atoms with Gasteiger partial charge in [0.25, 0.3) is 0 Å². The van der Waals surface area contributed by atoms with Crippen LogP contribution in [0.2, 0.25) is 0 Å². The van der Waals surface area contributed by atoms with E-state index in [9.17, 15) is 8.78 Å². The SMILES string of the molecule is CCCCOc1ccc([C@H]2CC[C@H](c3ccc(F)nc3F)CC2)cc1. The van der Waals surface area contributed by atoms with Gasteiger partial charge in [0, 0.05) is 5.56 Å². The highest BCUT2D eigenvalue weighted by Gasteiger charge is 2.25. The minimum absolute atomic E-state index is 0.140. The first-order valence-corrected chi connectivity index (χ1v) is 9.22. The third kappa shape index (κ3) is 4.56. The molecule has 0 amide bonds. The maximum Gasteiger partial charge on any atom is 0.218 e. The molecule has 25 heavy (non-hydrogen) atoms. The maximum atomic E-state index is 13.9. The molecule has 134 valence electrons. The van der Waals surface area contributed by atoms with Crippen LogP contribution >= 0.6 is 0 Å². The summed E-state index contributed by atoms with van der Waals surface area (Å²) >= 11 is 0. The second-order valence-electron chi connectivity index (χ2n) is 6.83. The minimum atomic E-state index is -0.754. The Balaban J connectivity index is 1.56. The molecular weight excluding hydrogens is 320 g/mol. The fourth-order valence-corrected chi connectivity index (χ4v) is 3.64. The largest absolute Gasteiger partial charge is 0.494 e. The second-order valence-corrected chi connectivity index (χ2v) is 6.83. The van der Waals surface area contributed by atoms with Crippen molar-refractivity contribution in [2.24, 2.45) is 0 Å². The van der Waals surface area contributed by atoms with Gasteiger partial charge in [-0.3, -0.25) is 0 Å². The van der Waals surface area contributed by atoms with Crippen LogP contribution in [-0.4, -0.2) is 11.6 Å². The Labute approximate surface area is 148 Å². The Morgan fingerprint density at radius 2 is 1.64 bits per heavy atom. The Morgan fingerprint density at radius 1 is 0.960 bits per heavy atom. The van der Waals surface area contributed by atoms with Crippen molar-refractivity contribution in [2.45, 2.75) is 57.3 Å². The molecule has 1 fully saturated rings. The predicted molar refractivity (Wildman–Crippen MR) is 94.9 cm³/mol. The summed E-state index contributed by atoms with van der Waals surface area (Å²) in [5, 5.41) is 0. The molecule has 0 spiro atoms. The van der Waals surface area contributed by atoms with Crippen molar-refractivity contribution in [3.63, 3.8) is 0 Å². The van der Waals surface area contributed by atoms with Gasteiger partial charge in [-0.15, -0.1) is 0 Å². The Morgan fingerprint density at radius 3 is 2.28 bits per heavy atom. The number of rotatable bonds is 6. The van der Waals surface area contributed by atoms with E-state index in [-0.39, 0.29) is 5.92 Å². The summed E-state index contributed by atoms with van der Waals surface area (Å²) in [5.74, 6) is 0.150. The van der Waals surface area contributed by atoms with Gasteiger partial charge >= 0.3 is 0 Å². The molecular formula is C21H25F2NO. The maximum absolute atomic E-state index is 13.9. The first-order chi connectivity index (χ1) is 12.2. The van der Waals surface area contributed by atoms with Gasteiger partial charge < -0.3 is 4.74 Å². The molecule has 0 unspecified atom stereocenters. The monoisotopic (exact) mass is 345 g/mol. The average molecular weight is 345 g/mol. The van der Waals surface area contributed by atoms with E-state index >= 15 is 0 Å². The van der Waals surface area contributed by atoms with E-state index < -0.39 is 11.9 Å². The fraction of sp³-hybridized carbons (Fsp3) is 0.476.